The lowest BCUT2D eigenvalue weighted by molar-refractivity contribution is -0.168. The molecule has 2 atom stereocenters. The first-order chi connectivity index (χ1) is 9.74. The van der Waals surface area contributed by atoms with Crippen molar-refractivity contribution < 1.29 is 24.2 Å². The van der Waals surface area contributed by atoms with E-state index in [-0.39, 0.29) is 12.4 Å². The zero-order valence-corrected chi connectivity index (χ0v) is 12.8. The molecular formula is C16H22O5. The normalized spacial score (nSPS) is 14.3. The smallest absolute Gasteiger partial charge is 0.335 e. The fraction of sp³-hybridized carbons (Fsp3) is 0.500. The van der Waals surface area contributed by atoms with E-state index in [1.165, 1.54) is 13.8 Å². The molecule has 1 aromatic rings. The molecule has 0 radical (unpaired) electrons. The van der Waals surface area contributed by atoms with Gasteiger partial charge in [0.2, 0.25) is 5.78 Å². The van der Waals surface area contributed by atoms with E-state index < -0.39 is 23.8 Å². The molecule has 1 rings (SSSR count). The van der Waals surface area contributed by atoms with Gasteiger partial charge in [-0.1, -0.05) is 30.3 Å². The molecule has 0 aromatic heterocycles. The summed E-state index contributed by atoms with van der Waals surface area (Å²) in [4.78, 5) is 23.6. The van der Waals surface area contributed by atoms with Crippen molar-refractivity contribution in [2.75, 3.05) is 0 Å². The Bertz CT molecular complexity index is 479. The topological polar surface area (TPSA) is 72.8 Å². The largest absolute Gasteiger partial charge is 0.453 e. The molecular weight excluding hydrogens is 272 g/mol. The van der Waals surface area contributed by atoms with Crippen LogP contribution >= 0.6 is 0 Å². The van der Waals surface area contributed by atoms with Crippen LogP contribution in [-0.4, -0.2) is 34.7 Å². The Hall–Kier alpha value is -1.72. The summed E-state index contributed by atoms with van der Waals surface area (Å²) < 4.78 is 10.5. The van der Waals surface area contributed by atoms with Crippen molar-refractivity contribution in [2.45, 2.75) is 52.1 Å². The first kappa shape index (κ1) is 17.3. The summed E-state index contributed by atoms with van der Waals surface area (Å²) in [6, 6.07) is 9.48. The lowest BCUT2D eigenvalue weighted by Gasteiger charge is -2.27. The number of aliphatic hydroxyl groups excluding tert-OH is 1. The molecule has 0 saturated heterocycles. The van der Waals surface area contributed by atoms with Gasteiger partial charge in [-0.2, -0.15) is 0 Å². The molecule has 0 heterocycles. The summed E-state index contributed by atoms with van der Waals surface area (Å²) in [7, 11) is 0. The van der Waals surface area contributed by atoms with Gasteiger partial charge in [-0.25, -0.2) is 4.79 Å². The molecule has 116 valence electrons. The summed E-state index contributed by atoms with van der Waals surface area (Å²) >= 11 is 0. The third-order valence-electron chi connectivity index (χ3n) is 3.04. The Morgan fingerprint density at radius 3 is 2.29 bits per heavy atom. The predicted octanol–water partition coefficient (Wildman–Crippen LogP) is 1.86. The number of carbonyl (C=O) groups is 2. The highest BCUT2D eigenvalue weighted by molar-refractivity contribution is 5.92. The molecule has 5 nitrogen and oxygen atoms in total. The molecule has 0 saturated carbocycles. The summed E-state index contributed by atoms with van der Waals surface area (Å²) in [6.07, 6.45) is -2.23. The number of ketones is 1. The molecule has 0 aliphatic carbocycles. The molecule has 2 unspecified atom stereocenters. The van der Waals surface area contributed by atoms with Gasteiger partial charge < -0.3 is 14.6 Å². The van der Waals surface area contributed by atoms with Gasteiger partial charge in [0.1, 0.15) is 11.7 Å². The minimum atomic E-state index is -1.26. The monoisotopic (exact) mass is 294 g/mol. The number of benzene rings is 1. The molecule has 0 fully saturated rings. The second-order valence-electron chi connectivity index (χ2n) is 5.40. The average molecular weight is 294 g/mol. The Balaban J connectivity index is 2.60. The number of hydrogen-bond donors (Lipinski definition) is 1. The van der Waals surface area contributed by atoms with Crippen LogP contribution < -0.4 is 0 Å². The van der Waals surface area contributed by atoms with Crippen molar-refractivity contribution in [3.8, 4) is 0 Å². The zero-order valence-electron chi connectivity index (χ0n) is 12.8. The van der Waals surface area contributed by atoms with Gasteiger partial charge >= 0.3 is 5.97 Å². The van der Waals surface area contributed by atoms with Crippen LogP contribution in [0.4, 0.5) is 0 Å². The molecule has 1 N–H and O–H groups in total. The van der Waals surface area contributed by atoms with Gasteiger partial charge in [0.05, 0.1) is 6.61 Å². The third-order valence-corrected chi connectivity index (χ3v) is 3.04. The predicted molar refractivity (Wildman–Crippen MR) is 77.6 cm³/mol. The Morgan fingerprint density at radius 1 is 1.19 bits per heavy atom. The van der Waals surface area contributed by atoms with Crippen LogP contribution in [0.15, 0.2) is 30.3 Å². The van der Waals surface area contributed by atoms with Gasteiger partial charge in [-0.15, -0.1) is 0 Å². The Morgan fingerprint density at radius 2 is 1.76 bits per heavy atom. The second-order valence-corrected chi connectivity index (χ2v) is 5.40. The number of carbonyl (C=O) groups excluding carboxylic acids is 2. The van der Waals surface area contributed by atoms with Crippen LogP contribution in [0.25, 0.3) is 0 Å². The highest BCUT2D eigenvalue weighted by Crippen LogP contribution is 2.17. The molecule has 0 amide bonds. The fourth-order valence-electron chi connectivity index (χ4n) is 1.72. The zero-order chi connectivity index (χ0) is 16.0. The van der Waals surface area contributed by atoms with E-state index in [0.717, 1.165) is 5.56 Å². The number of ether oxygens (including phenoxy) is 2. The first-order valence-electron chi connectivity index (χ1n) is 6.85. The minimum absolute atomic E-state index is 0.288. The van der Waals surface area contributed by atoms with Crippen LogP contribution in [0.2, 0.25) is 0 Å². The number of rotatable bonds is 7. The first-order valence-corrected chi connectivity index (χ1v) is 6.85. The number of Topliss-reactive ketones (excluding diaryl/α,β-unsaturated/α-hetero) is 1. The van der Waals surface area contributed by atoms with E-state index in [9.17, 15) is 9.59 Å². The summed E-state index contributed by atoms with van der Waals surface area (Å²) in [5, 5.41) is 9.09. The molecule has 5 heteroatoms. The lowest BCUT2D eigenvalue weighted by Crippen LogP contribution is -2.43. The van der Waals surface area contributed by atoms with Crippen molar-refractivity contribution in [3.05, 3.63) is 35.9 Å². The highest BCUT2D eigenvalue weighted by Gasteiger charge is 2.35. The van der Waals surface area contributed by atoms with Gasteiger partial charge in [-0.05, 0) is 33.3 Å². The van der Waals surface area contributed by atoms with E-state index in [4.69, 9.17) is 14.6 Å². The van der Waals surface area contributed by atoms with Crippen molar-refractivity contribution in [1.82, 2.24) is 0 Å². The van der Waals surface area contributed by atoms with Gasteiger partial charge in [0, 0.05) is 0 Å². The molecule has 0 spiro atoms. The standard InChI is InChI=1S/C16H22O5/c1-11(17)15(19)21-12(2)14(18)16(3,4)20-10-13-8-6-5-7-9-13/h5-9,11-12,17H,10H2,1-4H3. The fourth-order valence-corrected chi connectivity index (χ4v) is 1.72. The summed E-state index contributed by atoms with van der Waals surface area (Å²) in [5.74, 6) is -1.18. The summed E-state index contributed by atoms with van der Waals surface area (Å²) in [5.41, 5.74) is -0.138. The van der Waals surface area contributed by atoms with E-state index >= 15 is 0 Å². The van der Waals surface area contributed by atoms with Crippen LogP contribution in [0, 0.1) is 0 Å². The van der Waals surface area contributed by atoms with E-state index in [2.05, 4.69) is 0 Å². The van der Waals surface area contributed by atoms with Crippen LogP contribution in [-0.2, 0) is 25.7 Å². The molecule has 0 aliphatic rings. The maximum Gasteiger partial charge on any atom is 0.335 e. The van der Waals surface area contributed by atoms with Gasteiger partial charge in [0.15, 0.2) is 6.10 Å². The highest BCUT2D eigenvalue weighted by atomic mass is 16.6. The molecule has 1 aromatic carbocycles. The van der Waals surface area contributed by atoms with Crippen molar-refractivity contribution in [1.29, 1.82) is 0 Å². The van der Waals surface area contributed by atoms with Gasteiger partial charge in [0.25, 0.3) is 0 Å². The quantitative estimate of drug-likeness (QED) is 0.777. The van der Waals surface area contributed by atoms with Gasteiger partial charge in [-0.3, -0.25) is 4.79 Å². The van der Waals surface area contributed by atoms with E-state index in [1.54, 1.807) is 13.8 Å². The van der Waals surface area contributed by atoms with Crippen LogP contribution in [0.1, 0.15) is 33.3 Å². The Labute approximate surface area is 124 Å². The maximum absolute atomic E-state index is 12.3. The average Bonchev–Trinajstić information content (AvgIpc) is 2.45. The number of hydrogen-bond acceptors (Lipinski definition) is 5. The Kier molecular flexibility index (Phi) is 6.05. The molecule has 21 heavy (non-hydrogen) atoms. The van der Waals surface area contributed by atoms with Crippen LogP contribution in [0.5, 0.6) is 0 Å². The molecule has 0 aliphatic heterocycles. The third kappa shape index (κ3) is 5.28. The summed E-state index contributed by atoms with van der Waals surface area (Å²) in [6.45, 7) is 6.30. The molecule has 0 bridgehead atoms. The van der Waals surface area contributed by atoms with E-state index in [0.29, 0.717) is 0 Å². The van der Waals surface area contributed by atoms with Crippen molar-refractivity contribution >= 4 is 11.8 Å². The minimum Gasteiger partial charge on any atom is -0.453 e. The number of aliphatic hydroxyl groups is 1. The SMILES string of the molecule is CC(O)C(=O)OC(C)C(=O)C(C)(C)OCc1ccccc1. The number of esters is 1. The second kappa shape index (κ2) is 7.33. The van der Waals surface area contributed by atoms with Crippen LogP contribution in [0.3, 0.4) is 0 Å². The van der Waals surface area contributed by atoms with Crippen molar-refractivity contribution in [2.24, 2.45) is 0 Å². The van der Waals surface area contributed by atoms with Crippen molar-refractivity contribution in [3.63, 3.8) is 0 Å². The van der Waals surface area contributed by atoms with E-state index in [1.807, 2.05) is 30.3 Å². The lowest BCUT2D eigenvalue weighted by atomic mass is 9.99. The maximum atomic E-state index is 12.3.